The second kappa shape index (κ2) is 7.99. The number of amides is 1. The summed E-state index contributed by atoms with van der Waals surface area (Å²) in [6.07, 6.45) is -0.950. The molecule has 1 heterocycles. The van der Waals surface area contributed by atoms with E-state index in [1.165, 1.54) is 13.0 Å². The average Bonchev–Trinajstić information content (AvgIpc) is 2.67. The number of carbonyl (C=O) groups excluding carboxylic acids is 2. The Balaban J connectivity index is 1.70. The summed E-state index contributed by atoms with van der Waals surface area (Å²) in [6.45, 7) is 3.22. The topological polar surface area (TPSA) is 49.9 Å². The van der Waals surface area contributed by atoms with Crippen molar-refractivity contribution in [1.29, 1.82) is 0 Å². The van der Waals surface area contributed by atoms with Gasteiger partial charge in [-0.2, -0.15) is 0 Å². The maximum Gasteiger partial charge on any atom is 0.303 e. The number of para-hydroxylation sites is 1. The van der Waals surface area contributed by atoms with E-state index in [1.54, 1.807) is 47.4 Å². The van der Waals surface area contributed by atoms with Crippen LogP contribution >= 0.6 is 0 Å². The molecule has 1 amide bonds. The molecule has 2 aromatic carbocycles. The van der Waals surface area contributed by atoms with Crippen molar-refractivity contribution < 1.29 is 18.7 Å². The summed E-state index contributed by atoms with van der Waals surface area (Å²) in [5.41, 5.74) is 1.18. The number of ether oxygens (including phenoxy) is 1. The molecule has 0 aliphatic carbocycles. The van der Waals surface area contributed by atoms with Crippen LogP contribution in [0.4, 0.5) is 10.1 Å². The second-order valence-electron chi connectivity index (χ2n) is 6.16. The number of anilines is 1. The van der Waals surface area contributed by atoms with Gasteiger partial charge < -0.3 is 14.5 Å². The lowest BCUT2D eigenvalue weighted by molar-refractivity contribution is -0.159. The van der Waals surface area contributed by atoms with Gasteiger partial charge in [0, 0.05) is 38.7 Å². The Labute approximate surface area is 152 Å². The molecule has 1 aliphatic rings. The van der Waals surface area contributed by atoms with Gasteiger partial charge in [-0.1, -0.05) is 42.5 Å². The van der Waals surface area contributed by atoms with Crippen molar-refractivity contribution in [3.05, 3.63) is 66.0 Å². The molecule has 6 heteroatoms. The lowest BCUT2D eigenvalue weighted by Crippen LogP contribution is -2.50. The molecule has 0 bridgehead atoms. The van der Waals surface area contributed by atoms with Crippen molar-refractivity contribution in [2.75, 3.05) is 31.1 Å². The molecular weight excluding hydrogens is 335 g/mol. The SMILES string of the molecule is CC(=O)O[C@@H](C(=O)N1CCN(c2ccccc2F)CC1)c1ccccc1. The molecule has 0 aromatic heterocycles. The molecule has 2 aromatic rings. The highest BCUT2D eigenvalue weighted by molar-refractivity contribution is 5.85. The zero-order valence-electron chi connectivity index (χ0n) is 14.6. The van der Waals surface area contributed by atoms with Crippen molar-refractivity contribution >= 4 is 17.6 Å². The maximum atomic E-state index is 13.9. The van der Waals surface area contributed by atoms with Crippen LogP contribution in [-0.4, -0.2) is 43.0 Å². The van der Waals surface area contributed by atoms with Crippen LogP contribution in [0.3, 0.4) is 0 Å². The van der Waals surface area contributed by atoms with E-state index in [4.69, 9.17) is 4.74 Å². The van der Waals surface area contributed by atoms with Crippen LogP contribution < -0.4 is 4.90 Å². The first kappa shape index (κ1) is 17.9. The summed E-state index contributed by atoms with van der Waals surface area (Å²) in [5, 5.41) is 0. The van der Waals surface area contributed by atoms with Crippen LogP contribution in [0.1, 0.15) is 18.6 Å². The Kier molecular flexibility index (Phi) is 5.51. The van der Waals surface area contributed by atoms with E-state index >= 15 is 0 Å². The first-order valence-electron chi connectivity index (χ1n) is 8.56. The van der Waals surface area contributed by atoms with Crippen molar-refractivity contribution in [1.82, 2.24) is 4.90 Å². The van der Waals surface area contributed by atoms with Crippen molar-refractivity contribution in [3.8, 4) is 0 Å². The number of hydrogen-bond acceptors (Lipinski definition) is 4. The van der Waals surface area contributed by atoms with Gasteiger partial charge in [0.1, 0.15) is 5.82 Å². The molecule has 0 saturated carbocycles. The van der Waals surface area contributed by atoms with Crippen LogP contribution in [0.25, 0.3) is 0 Å². The molecule has 1 saturated heterocycles. The largest absolute Gasteiger partial charge is 0.447 e. The van der Waals surface area contributed by atoms with Gasteiger partial charge in [0.2, 0.25) is 6.10 Å². The minimum Gasteiger partial charge on any atom is -0.447 e. The third-order valence-corrected chi connectivity index (χ3v) is 4.39. The molecule has 5 nitrogen and oxygen atoms in total. The third-order valence-electron chi connectivity index (χ3n) is 4.39. The van der Waals surface area contributed by atoms with E-state index in [1.807, 2.05) is 11.0 Å². The van der Waals surface area contributed by atoms with E-state index in [0.29, 0.717) is 37.4 Å². The van der Waals surface area contributed by atoms with Crippen molar-refractivity contribution in [2.45, 2.75) is 13.0 Å². The molecular formula is C20H21FN2O3. The Morgan fingerprint density at radius 3 is 2.19 bits per heavy atom. The van der Waals surface area contributed by atoms with Gasteiger partial charge in [0.05, 0.1) is 5.69 Å². The first-order valence-corrected chi connectivity index (χ1v) is 8.56. The summed E-state index contributed by atoms with van der Waals surface area (Å²) in [4.78, 5) is 27.9. The number of benzene rings is 2. The van der Waals surface area contributed by atoms with Crippen LogP contribution in [0, 0.1) is 5.82 Å². The van der Waals surface area contributed by atoms with E-state index in [2.05, 4.69) is 0 Å². The van der Waals surface area contributed by atoms with Crippen LogP contribution in [0.15, 0.2) is 54.6 Å². The lowest BCUT2D eigenvalue weighted by Gasteiger charge is -2.37. The molecule has 1 aliphatic heterocycles. The zero-order chi connectivity index (χ0) is 18.5. The standard InChI is InChI=1S/C20H21FN2O3/c1-15(24)26-19(16-7-3-2-4-8-16)20(25)23-13-11-22(12-14-23)18-10-6-5-9-17(18)21/h2-10,19H,11-14H2,1H3/t19-/m1/s1. The van der Waals surface area contributed by atoms with Gasteiger partial charge in [0.25, 0.3) is 5.91 Å². The summed E-state index contributed by atoms with van der Waals surface area (Å²) in [6, 6.07) is 15.6. The molecule has 26 heavy (non-hydrogen) atoms. The van der Waals surface area contributed by atoms with Crippen LogP contribution in [-0.2, 0) is 14.3 Å². The Morgan fingerprint density at radius 1 is 0.962 bits per heavy atom. The lowest BCUT2D eigenvalue weighted by atomic mass is 10.1. The first-order chi connectivity index (χ1) is 12.6. The van der Waals surface area contributed by atoms with Gasteiger partial charge in [-0.3, -0.25) is 9.59 Å². The highest BCUT2D eigenvalue weighted by Crippen LogP contribution is 2.24. The number of piperazine rings is 1. The second-order valence-corrected chi connectivity index (χ2v) is 6.16. The fourth-order valence-electron chi connectivity index (χ4n) is 3.10. The maximum absolute atomic E-state index is 13.9. The van der Waals surface area contributed by atoms with Gasteiger partial charge >= 0.3 is 5.97 Å². The minimum absolute atomic E-state index is 0.250. The molecule has 0 spiro atoms. The molecule has 1 atom stereocenters. The zero-order valence-corrected chi connectivity index (χ0v) is 14.6. The fraction of sp³-hybridized carbons (Fsp3) is 0.300. The summed E-state index contributed by atoms with van der Waals surface area (Å²) >= 11 is 0. The summed E-state index contributed by atoms with van der Waals surface area (Å²) in [5.74, 6) is -1.02. The highest BCUT2D eigenvalue weighted by Gasteiger charge is 2.31. The number of halogens is 1. The van der Waals surface area contributed by atoms with Gasteiger partial charge in [-0.05, 0) is 12.1 Å². The van der Waals surface area contributed by atoms with Crippen LogP contribution in [0.5, 0.6) is 0 Å². The molecule has 136 valence electrons. The summed E-state index contributed by atoms with van der Waals surface area (Å²) < 4.78 is 19.2. The quantitative estimate of drug-likeness (QED) is 0.791. The van der Waals surface area contributed by atoms with Crippen LogP contribution in [0.2, 0.25) is 0 Å². The smallest absolute Gasteiger partial charge is 0.303 e. The number of nitrogens with zero attached hydrogens (tertiary/aromatic N) is 2. The molecule has 0 N–H and O–H groups in total. The van der Waals surface area contributed by atoms with Crippen molar-refractivity contribution in [3.63, 3.8) is 0 Å². The van der Waals surface area contributed by atoms with E-state index in [0.717, 1.165) is 0 Å². The highest BCUT2D eigenvalue weighted by atomic mass is 19.1. The minimum atomic E-state index is -0.950. The molecule has 1 fully saturated rings. The van der Waals surface area contributed by atoms with Gasteiger partial charge in [-0.25, -0.2) is 4.39 Å². The third kappa shape index (κ3) is 4.02. The normalized spacial score (nSPS) is 15.5. The van der Waals surface area contributed by atoms with Gasteiger partial charge in [0.15, 0.2) is 0 Å². The fourth-order valence-corrected chi connectivity index (χ4v) is 3.10. The predicted molar refractivity (Wildman–Crippen MR) is 96.1 cm³/mol. The predicted octanol–water partition coefficient (Wildman–Crippen LogP) is 2.78. The average molecular weight is 356 g/mol. The Hall–Kier alpha value is -2.89. The van der Waals surface area contributed by atoms with E-state index in [-0.39, 0.29) is 11.7 Å². The summed E-state index contributed by atoms with van der Waals surface area (Å²) in [7, 11) is 0. The van der Waals surface area contributed by atoms with Gasteiger partial charge in [-0.15, -0.1) is 0 Å². The molecule has 3 rings (SSSR count). The number of rotatable bonds is 4. The molecule has 0 unspecified atom stereocenters. The van der Waals surface area contributed by atoms with E-state index in [9.17, 15) is 14.0 Å². The number of esters is 1. The number of carbonyl (C=O) groups is 2. The monoisotopic (exact) mass is 356 g/mol. The van der Waals surface area contributed by atoms with Crippen molar-refractivity contribution in [2.24, 2.45) is 0 Å². The Morgan fingerprint density at radius 2 is 1.58 bits per heavy atom. The molecule has 0 radical (unpaired) electrons. The van der Waals surface area contributed by atoms with E-state index < -0.39 is 12.1 Å². The number of hydrogen-bond donors (Lipinski definition) is 0. The Bertz CT molecular complexity index is 774.